The number of aryl methyl sites for hydroxylation is 2. The van der Waals surface area contributed by atoms with Crippen LogP contribution in [0.2, 0.25) is 0 Å². The minimum absolute atomic E-state index is 0.0581. The number of thioether (sulfide) groups is 1. The molecule has 4 nitrogen and oxygen atoms in total. The van der Waals surface area contributed by atoms with E-state index >= 15 is 0 Å². The Hall–Kier alpha value is -1.49. The Kier molecular flexibility index (Phi) is 5.40. The van der Waals surface area contributed by atoms with Gasteiger partial charge in [0, 0.05) is 17.9 Å². The average Bonchev–Trinajstić information content (AvgIpc) is 2.90. The summed E-state index contributed by atoms with van der Waals surface area (Å²) in [6.45, 7) is 10.2. The number of nitrogens with zero attached hydrogens (tertiary/aromatic N) is 1. The zero-order valence-corrected chi connectivity index (χ0v) is 15.4. The largest absolute Gasteiger partial charge is 0.324 e. The number of amides is 2. The number of hydrogen-bond acceptors (Lipinski definition) is 3. The molecule has 0 aliphatic carbocycles. The van der Waals surface area contributed by atoms with Crippen molar-refractivity contribution < 1.29 is 9.59 Å². The number of nitrogens with one attached hydrogen (secondary N) is 1. The Labute approximate surface area is 143 Å². The van der Waals surface area contributed by atoms with Crippen LogP contribution in [0, 0.1) is 19.3 Å². The number of hydrogen-bond donors (Lipinski definition) is 1. The summed E-state index contributed by atoms with van der Waals surface area (Å²) in [7, 11) is 0. The third-order valence-electron chi connectivity index (χ3n) is 3.96. The summed E-state index contributed by atoms with van der Waals surface area (Å²) in [6.07, 6.45) is 0.459. The fraction of sp³-hybridized carbons (Fsp3) is 0.556. The van der Waals surface area contributed by atoms with E-state index in [2.05, 4.69) is 5.32 Å². The molecule has 5 heteroatoms. The second-order valence-electron chi connectivity index (χ2n) is 7.40. The molecule has 1 aromatic carbocycles. The first-order valence-corrected chi connectivity index (χ1v) is 9.08. The molecule has 1 saturated heterocycles. The molecule has 0 aromatic heterocycles. The molecule has 1 aromatic rings. The number of rotatable bonds is 3. The molecule has 23 heavy (non-hydrogen) atoms. The normalized spacial score (nSPS) is 18.1. The van der Waals surface area contributed by atoms with Crippen molar-refractivity contribution in [3.8, 4) is 0 Å². The van der Waals surface area contributed by atoms with Crippen LogP contribution in [0.5, 0.6) is 0 Å². The fourth-order valence-electron chi connectivity index (χ4n) is 2.51. The van der Waals surface area contributed by atoms with E-state index in [9.17, 15) is 9.59 Å². The topological polar surface area (TPSA) is 49.4 Å². The molecule has 0 radical (unpaired) electrons. The highest BCUT2D eigenvalue weighted by molar-refractivity contribution is 7.99. The Bertz CT molecular complexity index is 608. The smallest absolute Gasteiger partial charge is 0.248 e. The lowest BCUT2D eigenvalue weighted by atomic mass is 9.91. The average molecular weight is 334 g/mol. The van der Waals surface area contributed by atoms with E-state index in [1.807, 2.05) is 52.8 Å². The van der Waals surface area contributed by atoms with Gasteiger partial charge in [-0.25, -0.2) is 0 Å². The van der Waals surface area contributed by atoms with E-state index < -0.39 is 0 Å². The lowest BCUT2D eigenvalue weighted by Gasteiger charge is -2.26. The van der Waals surface area contributed by atoms with Crippen LogP contribution >= 0.6 is 11.8 Å². The van der Waals surface area contributed by atoms with Crippen LogP contribution in [0.3, 0.4) is 0 Å². The summed E-state index contributed by atoms with van der Waals surface area (Å²) in [6, 6.07) is 5.49. The minimum Gasteiger partial charge on any atom is -0.324 e. The first-order valence-electron chi connectivity index (χ1n) is 7.93. The van der Waals surface area contributed by atoms with Crippen LogP contribution in [-0.4, -0.2) is 34.4 Å². The first-order chi connectivity index (χ1) is 10.7. The number of benzene rings is 1. The van der Waals surface area contributed by atoms with Gasteiger partial charge in [0.15, 0.2) is 0 Å². The SMILES string of the molecule is Cc1ccc(NC(=O)C2CSCN2C(=O)CC(C)(C)C)cc1C. The van der Waals surface area contributed by atoms with Gasteiger partial charge >= 0.3 is 0 Å². The molecule has 0 saturated carbocycles. The van der Waals surface area contributed by atoms with Gasteiger partial charge in [-0.1, -0.05) is 26.8 Å². The highest BCUT2D eigenvalue weighted by Crippen LogP contribution is 2.27. The zero-order valence-electron chi connectivity index (χ0n) is 14.6. The van der Waals surface area contributed by atoms with Gasteiger partial charge in [0.2, 0.25) is 11.8 Å². The van der Waals surface area contributed by atoms with E-state index in [1.165, 1.54) is 5.56 Å². The van der Waals surface area contributed by atoms with Crippen LogP contribution in [0.4, 0.5) is 5.69 Å². The van der Waals surface area contributed by atoms with E-state index in [0.717, 1.165) is 11.3 Å². The lowest BCUT2D eigenvalue weighted by molar-refractivity contribution is -0.137. The predicted octanol–water partition coefficient (Wildman–Crippen LogP) is 3.58. The monoisotopic (exact) mass is 334 g/mol. The molecule has 1 aliphatic heterocycles. The van der Waals surface area contributed by atoms with E-state index in [-0.39, 0.29) is 23.3 Å². The van der Waals surface area contributed by atoms with Crippen LogP contribution in [0.25, 0.3) is 0 Å². The molecule has 0 bridgehead atoms. The summed E-state index contributed by atoms with van der Waals surface area (Å²) in [5.74, 6) is 1.22. The third-order valence-corrected chi connectivity index (χ3v) is 4.97. The van der Waals surface area contributed by atoms with Crippen molar-refractivity contribution in [2.45, 2.75) is 47.1 Å². The standard InChI is InChI=1S/C18H26N2O2S/c1-12-6-7-14(8-13(12)2)19-17(22)15-10-23-11-20(15)16(21)9-18(3,4)5/h6-8,15H,9-11H2,1-5H3,(H,19,22). The summed E-state index contributed by atoms with van der Waals surface area (Å²) < 4.78 is 0. The van der Waals surface area contributed by atoms with Gasteiger partial charge in [-0.2, -0.15) is 0 Å². The third kappa shape index (κ3) is 4.74. The van der Waals surface area contributed by atoms with Crippen molar-refractivity contribution in [2.75, 3.05) is 16.9 Å². The van der Waals surface area contributed by atoms with Gasteiger partial charge in [0.1, 0.15) is 6.04 Å². The van der Waals surface area contributed by atoms with Crippen molar-refractivity contribution in [3.05, 3.63) is 29.3 Å². The molecule has 1 aliphatic rings. The van der Waals surface area contributed by atoms with Gasteiger partial charge < -0.3 is 10.2 Å². The molecule has 126 valence electrons. The lowest BCUT2D eigenvalue weighted by Crippen LogP contribution is -2.45. The maximum atomic E-state index is 12.6. The number of carbonyl (C=O) groups excluding carboxylic acids is 2. The van der Waals surface area contributed by atoms with Crippen molar-refractivity contribution in [3.63, 3.8) is 0 Å². The maximum Gasteiger partial charge on any atom is 0.248 e. The van der Waals surface area contributed by atoms with Crippen molar-refractivity contribution in [2.24, 2.45) is 5.41 Å². The summed E-state index contributed by atoms with van der Waals surface area (Å²) in [5.41, 5.74) is 3.06. The summed E-state index contributed by atoms with van der Waals surface area (Å²) in [5, 5.41) is 2.95. The summed E-state index contributed by atoms with van der Waals surface area (Å²) in [4.78, 5) is 26.7. The number of carbonyl (C=O) groups is 2. The quantitative estimate of drug-likeness (QED) is 0.919. The van der Waals surface area contributed by atoms with E-state index in [0.29, 0.717) is 18.1 Å². The molecule has 1 unspecified atom stereocenters. The van der Waals surface area contributed by atoms with Gasteiger partial charge in [-0.3, -0.25) is 9.59 Å². The predicted molar refractivity (Wildman–Crippen MR) is 96.6 cm³/mol. The van der Waals surface area contributed by atoms with Crippen LogP contribution in [0.1, 0.15) is 38.3 Å². The van der Waals surface area contributed by atoms with Crippen molar-refractivity contribution in [1.82, 2.24) is 4.90 Å². The fourth-order valence-corrected chi connectivity index (χ4v) is 3.69. The molecular weight excluding hydrogens is 308 g/mol. The highest BCUT2D eigenvalue weighted by Gasteiger charge is 2.35. The van der Waals surface area contributed by atoms with Crippen LogP contribution in [-0.2, 0) is 9.59 Å². The Morgan fingerprint density at radius 2 is 1.96 bits per heavy atom. The first kappa shape index (κ1) is 17.9. The van der Waals surface area contributed by atoms with Crippen molar-refractivity contribution >= 4 is 29.3 Å². The van der Waals surface area contributed by atoms with Gasteiger partial charge in [0.05, 0.1) is 5.88 Å². The van der Waals surface area contributed by atoms with Gasteiger partial charge in [-0.05, 0) is 42.5 Å². The van der Waals surface area contributed by atoms with E-state index in [4.69, 9.17) is 0 Å². The second kappa shape index (κ2) is 6.95. The van der Waals surface area contributed by atoms with E-state index in [1.54, 1.807) is 16.7 Å². The highest BCUT2D eigenvalue weighted by atomic mass is 32.2. The number of anilines is 1. The zero-order chi connectivity index (χ0) is 17.2. The molecule has 2 rings (SSSR count). The van der Waals surface area contributed by atoms with Gasteiger partial charge in [-0.15, -0.1) is 11.8 Å². The van der Waals surface area contributed by atoms with Crippen LogP contribution in [0.15, 0.2) is 18.2 Å². The minimum atomic E-state index is -0.378. The summed E-state index contributed by atoms with van der Waals surface area (Å²) >= 11 is 1.63. The molecular formula is C18H26N2O2S. The Morgan fingerprint density at radius 3 is 2.57 bits per heavy atom. The Morgan fingerprint density at radius 1 is 1.26 bits per heavy atom. The second-order valence-corrected chi connectivity index (χ2v) is 8.40. The van der Waals surface area contributed by atoms with Crippen LogP contribution < -0.4 is 5.32 Å². The molecule has 1 atom stereocenters. The molecule has 0 spiro atoms. The maximum absolute atomic E-state index is 12.6. The van der Waals surface area contributed by atoms with Gasteiger partial charge in [0.25, 0.3) is 0 Å². The molecule has 1 N–H and O–H groups in total. The molecule has 2 amide bonds. The Balaban J connectivity index is 2.05. The van der Waals surface area contributed by atoms with Crippen molar-refractivity contribution in [1.29, 1.82) is 0 Å². The molecule has 1 fully saturated rings. The molecule has 1 heterocycles.